The Kier molecular flexibility index (Phi) is 6.63. The molecule has 0 unspecified atom stereocenters. The number of piperidine rings is 1. The minimum Gasteiger partial charge on any atom is -0.353 e. The first-order chi connectivity index (χ1) is 15.4. The van der Waals surface area contributed by atoms with Gasteiger partial charge in [-0.2, -0.15) is 0 Å². The van der Waals surface area contributed by atoms with E-state index in [-0.39, 0.29) is 29.6 Å². The number of amides is 2. The molecule has 170 valence electrons. The zero-order chi connectivity index (χ0) is 22.7. The van der Waals surface area contributed by atoms with Crippen molar-refractivity contribution in [2.75, 3.05) is 13.1 Å². The molecular weight excluding hydrogens is 403 g/mol. The van der Waals surface area contributed by atoms with Gasteiger partial charge in [-0.25, -0.2) is 4.39 Å². The van der Waals surface area contributed by atoms with Crippen LogP contribution in [0.5, 0.6) is 0 Å². The van der Waals surface area contributed by atoms with Crippen LogP contribution in [-0.2, 0) is 16.0 Å². The normalized spacial score (nSPS) is 18.3. The van der Waals surface area contributed by atoms with E-state index in [0.29, 0.717) is 32.4 Å². The fourth-order valence-corrected chi connectivity index (χ4v) is 4.94. The van der Waals surface area contributed by atoms with Crippen LogP contribution in [0.3, 0.4) is 0 Å². The van der Waals surface area contributed by atoms with Crippen LogP contribution in [0.25, 0.3) is 11.1 Å². The van der Waals surface area contributed by atoms with Gasteiger partial charge in [-0.15, -0.1) is 0 Å². The molecule has 2 aromatic carbocycles. The van der Waals surface area contributed by atoms with E-state index in [0.717, 1.165) is 36.0 Å². The monoisotopic (exact) mass is 436 g/mol. The Bertz CT molecular complexity index is 975. The summed E-state index contributed by atoms with van der Waals surface area (Å²) in [6.07, 6.45) is 4.99. The Morgan fingerprint density at radius 2 is 1.81 bits per heavy atom. The number of carbonyl (C=O) groups excluding carboxylic acids is 2. The molecule has 2 aromatic rings. The topological polar surface area (TPSA) is 49.4 Å². The summed E-state index contributed by atoms with van der Waals surface area (Å²) in [6.45, 7) is 5.18. The van der Waals surface area contributed by atoms with Gasteiger partial charge in [0.2, 0.25) is 11.8 Å². The maximum absolute atomic E-state index is 13.9. The van der Waals surface area contributed by atoms with Gasteiger partial charge in [0.05, 0.1) is 5.41 Å². The summed E-state index contributed by atoms with van der Waals surface area (Å²) in [6, 6.07) is 14.6. The summed E-state index contributed by atoms with van der Waals surface area (Å²) in [7, 11) is 0. The molecule has 1 aliphatic heterocycles. The first-order valence-electron chi connectivity index (χ1n) is 11.8. The molecule has 0 atom stereocenters. The highest BCUT2D eigenvalue weighted by atomic mass is 19.1. The number of nitrogens with one attached hydrogen (secondary N) is 1. The predicted octanol–water partition coefficient (Wildman–Crippen LogP) is 4.97. The van der Waals surface area contributed by atoms with E-state index in [2.05, 4.69) is 5.32 Å². The van der Waals surface area contributed by atoms with Crippen LogP contribution in [0.15, 0.2) is 48.5 Å². The number of hydrogen-bond donors (Lipinski definition) is 1. The van der Waals surface area contributed by atoms with Gasteiger partial charge in [0.1, 0.15) is 5.82 Å². The van der Waals surface area contributed by atoms with Crippen molar-refractivity contribution in [2.24, 2.45) is 11.3 Å². The number of likely N-dealkylation sites (tertiary alicyclic amines) is 1. The molecule has 0 bridgehead atoms. The maximum Gasteiger partial charge on any atom is 0.226 e. The molecule has 5 heteroatoms. The zero-order valence-corrected chi connectivity index (χ0v) is 19.1. The summed E-state index contributed by atoms with van der Waals surface area (Å²) in [4.78, 5) is 28.2. The molecule has 4 nitrogen and oxygen atoms in total. The van der Waals surface area contributed by atoms with Crippen molar-refractivity contribution in [3.63, 3.8) is 0 Å². The Morgan fingerprint density at radius 3 is 2.44 bits per heavy atom. The highest BCUT2D eigenvalue weighted by Crippen LogP contribution is 2.40. The van der Waals surface area contributed by atoms with E-state index in [4.69, 9.17) is 0 Å². The number of carbonyl (C=O) groups is 2. The quantitative estimate of drug-likeness (QED) is 0.695. The third-order valence-electron chi connectivity index (χ3n) is 7.07. The van der Waals surface area contributed by atoms with E-state index < -0.39 is 5.41 Å². The van der Waals surface area contributed by atoms with E-state index >= 15 is 0 Å². The number of hydrogen-bond acceptors (Lipinski definition) is 2. The van der Waals surface area contributed by atoms with Crippen LogP contribution in [0.4, 0.5) is 4.39 Å². The first-order valence-corrected chi connectivity index (χ1v) is 11.8. The largest absolute Gasteiger partial charge is 0.353 e. The van der Waals surface area contributed by atoms with Gasteiger partial charge in [0.15, 0.2) is 0 Å². The summed E-state index contributed by atoms with van der Waals surface area (Å²) in [5, 5.41) is 3.13. The summed E-state index contributed by atoms with van der Waals surface area (Å²) < 4.78 is 13.9. The molecule has 2 amide bonds. The molecule has 1 heterocycles. The molecule has 1 aliphatic carbocycles. The van der Waals surface area contributed by atoms with E-state index in [1.165, 1.54) is 6.07 Å². The van der Waals surface area contributed by atoms with E-state index in [9.17, 15) is 14.0 Å². The second-order valence-corrected chi connectivity index (χ2v) is 9.71. The van der Waals surface area contributed by atoms with Gasteiger partial charge in [-0.05, 0) is 74.8 Å². The summed E-state index contributed by atoms with van der Waals surface area (Å²) in [5.41, 5.74) is 2.23. The third kappa shape index (κ3) is 4.72. The van der Waals surface area contributed by atoms with Crippen molar-refractivity contribution in [3.8, 4) is 11.1 Å². The minimum atomic E-state index is -0.579. The standard InChI is InChI=1S/C27H33FN2O2/c1-19(2)29-26(32)27(13-15-30(16-14-27)25(31)20-8-5-9-20)18-22-7-3-4-12-24(22)21-10-6-11-23(28)17-21/h3-4,6-7,10-12,17,19-20H,5,8-9,13-16,18H2,1-2H3,(H,29,32). The van der Waals surface area contributed by atoms with Gasteiger partial charge in [-0.1, -0.05) is 42.8 Å². The third-order valence-corrected chi connectivity index (χ3v) is 7.07. The lowest BCUT2D eigenvalue weighted by Crippen LogP contribution is -2.53. The van der Waals surface area contributed by atoms with Gasteiger partial charge in [0.25, 0.3) is 0 Å². The van der Waals surface area contributed by atoms with Gasteiger partial charge in [0, 0.05) is 25.0 Å². The molecule has 2 fully saturated rings. The maximum atomic E-state index is 13.9. The van der Waals surface area contributed by atoms with Crippen LogP contribution in [0, 0.1) is 17.2 Å². The fraction of sp³-hybridized carbons (Fsp3) is 0.481. The minimum absolute atomic E-state index is 0.0486. The summed E-state index contributed by atoms with van der Waals surface area (Å²) >= 11 is 0. The van der Waals surface area contributed by atoms with Crippen molar-refractivity contribution in [2.45, 2.75) is 58.4 Å². The van der Waals surface area contributed by atoms with Crippen LogP contribution in [0.1, 0.15) is 51.5 Å². The average molecular weight is 437 g/mol. The number of benzene rings is 2. The SMILES string of the molecule is CC(C)NC(=O)C1(Cc2ccccc2-c2cccc(F)c2)CCN(C(=O)C2CCC2)CC1. The molecule has 2 aliphatic rings. The Morgan fingerprint density at radius 1 is 1.09 bits per heavy atom. The van der Waals surface area contributed by atoms with Crippen molar-refractivity contribution in [1.29, 1.82) is 0 Å². The lowest BCUT2D eigenvalue weighted by Gasteiger charge is -2.43. The lowest BCUT2D eigenvalue weighted by molar-refractivity contribution is -0.145. The Labute approximate surface area is 190 Å². The molecule has 0 radical (unpaired) electrons. The summed E-state index contributed by atoms with van der Waals surface area (Å²) in [5.74, 6) is 0.222. The van der Waals surface area contributed by atoms with Gasteiger partial charge >= 0.3 is 0 Å². The molecule has 1 saturated carbocycles. The van der Waals surface area contributed by atoms with E-state index in [1.54, 1.807) is 12.1 Å². The van der Waals surface area contributed by atoms with Gasteiger partial charge in [-0.3, -0.25) is 9.59 Å². The van der Waals surface area contributed by atoms with Crippen LogP contribution >= 0.6 is 0 Å². The molecule has 1 saturated heterocycles. The number of nitrogens with zero attached hydrogens (tertiary/aromatic N) is 1. The second-order valence-electron chi connectivity index (χ2n) is 9.71. The molecular formula is C27H33FN2O2. The van der Waals surface area contributed by atoms with Crippen LogP contribution in [-0.4, -0.2) is 35.8 Å². The fourth-order valence-electron chi connectivity index (χ4n) is 4.94. The molecule has 32 heavy (non-hydrogen) atoms. The number of rotatable bonds is 6. The smallest absolute Gasteiger partial charge is 0.226 e. The number of halogens is 1. The van der Waals surface area contributed by atoms with Crippen molar-refractivity contribution in [3.05, 3.63) is 59.9 Å². The first kappa shape index (κ1) is 22.5. The zero-order valence-electron chi connectivity index (χ0n) is 19.1. The molecule has 1 N–H and O–H groups in total. The van der Waals surface area contributed by atoms with Gasteiger partial charge < -0.3 is 10.2 Å². The van der Waals surface area contributed by atoms with Crippen LogP contribution < -0.4 is 5.32 Å². The Balaban J connectivity index is 1.60. The second kappa shape index (κ2) is 9.43. The highest BCUT2D eigenvalue weighted by molar-refractivity contribution is 5.85. The Hall–Kier alpha value is -2.69. The van der Waals surface area contributed by atoms with Crippen LogP contribution in [0.2, 0.25) is 0 Å². The average Bonchev–Trinajstić information content (AvgIpc) is 2.73. The molecule has 0 aromatic heterocycles. The molecule has 0 spiro atoms. The van der Waals surface area contributed by atoms with Crippen molar-refractivity contribution in [1.82, 2.24) is 10.2 Å². The highest BCUT2D eigenvalue weighted by Gasteiger charge is 2.44. The van der Waals surface area contributed by atoms with Crippen molar-refractivity contribution < 1.29 is 14.0 Å². The lowest BCUT2D eigenvalue weighted by atomic mass is 9.71. The molecule has 4 rings (SSSR count). The van der Waals surface area contributed by atoms with E-state index in [1.807, 2.05) is 49.1 Å². The predicted molar refractivity (Wildman–Crippen MR) is 124 cm³/mol. The van der Waals surface area contributed by atoms with Crippen molar-refractivity contribution >= 4 is 11.8 Å².